The molecule has 1 aliphatic heterocycles. The largest absolute Gasteiger partial charge is 0.266 e. The van der Waals surface area contributed by atoms with E-state index in [1.165, 1.54) is 22.5 Å². The topological polar surface area (TPSA) is 97.5 Å². The van der Waals surface area contributed by atoms with E-state index in [2.05, 4.69) is 20.8 Å². The third kappa shape index (κ3) is 3.56. The Morgan fingerprint density at radius 3 is 2.04 bits per heavy atom. The monoisotopic (exact) mass is 422 g/mol. The fraction of sp³-hybridized carbons (Fsp3) is 0.400. The van der Waals surface area contributed by atoms with Crippen molar-refractivity contribution < 1.29 is 16.8 Å². The smallest absolute Gasteiger partial charge is 0.264 e. The highest BCUT2D eigenvalue weighted by atomic mass is 32.2. The van der Waals surface area contributed by atoms with Gasteiger partial charge in [-0.3, -0.25) is 4.31 Å². The zero-order valence-electron chi connectivity index (χ0n) is 16.8. The van der Waals surface area contributed by atoms with E-state index in [1.807, 2.05) is 26.0 Å². The van der Waals surface area contributed by atoms with Crippen LogP contribution >= 0.6 is 0 Å². The van der Waals surface area contributed by atoms with Gasteiger partial charge in [0, 0.05) is 6.54 Å². The van der Waals surface area contributed by atoms with Gasteiger partial charge in [0.15, 0.2) is 0 Å². The van der Waals surface area contributed by atoms with Gasteiger partial charge in [0.25, 0.3) is 10.0 Å². The highest BCUT2D eigenvalue weighted by Gasteiger charge is 2.34. The molecule has 2 aromatic rings. The summed E-state index contributed by atoms with van der Waals surface area (Å²) in [5.74, 6) is 0. The molecular weight excluding hydrogens is 396 g/mol. The molecule has 0 aliphatic carbocycles. The molecule has 1 heterocycles. The molecule has 0 atom stereocenters. The standard InChI is InChI=1S/C20H26N2O4S2/c1-13-10-16(20(3,4)5)11-14(2)19(13)28(25,26)22-9-8-15-12-17(27(21,23)24)6-7-18(15)22/h6-7,10-12H,8-9H2,1-5H3,(H2,21,23,24). The summed E-state index contributed by atoms with van der Waals surface area (Å²) in [4.78, 5) is 0.302. The average molecular weight is 423 g/mol. The molecule has 0 aromatic heterocycles. The van der Waals surface area contributed by atoms with Crippen LogP contribution in [0.15, 0.2) is 40.1 Å². The van der Waals surface area contributed by atoms with Crippen molar-refractivity contribution in [2.24, 2.45) is 5.14 Å². The maximum atomic E-state index is 13.5. The predicted octanol–water partition coefficient (Wildman–Crippen LogP) is 3.00. The maximum absolute atomic E-state index is 13.5. The van der Waals surface area contributed by atoms with Crippen molar-refractivity contribution in [1.82, 2.24) is 0 Å². The first kappa shape index (κ1) is 20.8. The molecule has 0 saturated heterocycles. The Balaban J connectivity index is 2.10. The van der Waals surface area contributed by atoms with E-state index in [0.717, 1.165) is 5.56 Å². The number of rotatable bonds is 3. The predicted molar refractivity (Wildman–Crippen MR) is 111 cm³/mol. The molecule has 3 rings (SSSR count). The highest BCUT2D eigenvalue weighted by molar-refractivity contribution is 7.93. The number of benzene rings is 2. The molecule has 0 spiro atoms. The van der Waals surface area contributed by atoms with Gasteiger partial charge >= 0.3 is 0 Å². The van der Waals surface area contributed by atoms with E-state index < -0.39 is 20.0 Å². The molecule has 0 radical (unpaired) electrons. The third-order valence-electron chi connectivity index (χ3n) is 5.11. The molecule has 0 amide bonds. The fourth-order valence-electron chi connectivity index (χ4n) is 3.67. The normalized spacial score (nSPS) is 15.0. The van der Waals surface area contributed by atoms with E-state index in [9.17, 15) is 16.8 Å². The van der Waals surface area contributed by atoms with Crippen LogP contribution < -0.4 is 9.44 Å². The maximum Gasteiger partial charge on any atom is 0.264 e. The molecule has 28 heavy (non-hydrogen) atoms. The van der Waals surface area contributed by atoms with E-state index in [1.54, 1.807) is 0 Å². The number of anilines is 1. The van der Waals surface area contributed by atoms with Gasteiger partial charge < -0.3 is 0 Å². The molecule has 0 saturated carbocycles. The Morgan fingerprint density at radius 1 is 0.964 bits per heavy atom. The lowest BCUT2D eigenvalue weighted by Crippen LogP contribution is -2.30. The highest BCUT2D eigenvalue weighted by Crippen LogP contribution is 2.37. The molecule has 2 aromatic carbocycles. The van der Waals surface area contributed by atoms with E-state index in [0.29, 0.717) is 33.7 Å². The lowest BCUT2D eigenvalue weighted by atomic mass is 9.85. The van der Waals surface area contributed by atoms with Crippen LogP contribution in [0.25, 0.3) is 0 Å². The number of hydrogen-bond donors (Lipinski definition) is 1. The summed E-state index contributed by atoms with van der Waals surface area (Å²) >= 11 is 0. The van der Waals surface area contributed by atoms with Gasteiger partial charge in [-0.2, -0.15) is 0 Å². The van der Waals surface area contributed by atoms with Crippen LogP contribution in [0.5, 0.6) is 0 Å². The van der Waals surface area contributed by atoms with Gasteiger partial charge in [0.05, 0.1) is 15.5 Å². The van der Waals surface area contributed by atoms with Crippen LogP contribution in [0, 0.1) is 13.8 Å². The minimum atomic E-state index is -3.83. The van der Waals surface area contributed by atoms with Crippen molar-refractivity contribution in [2.75, 3.05) is 10.8 Å². The summed E-state index contributed by atoms with van der Waals surface area (Å²) in [5.41, 5.74) is 3.59. The van der Waals surface area contributed by atoms with Crippen molar-refractivity contribution in [1.29, 1.82) is 0 Å². The van der Waals surface area contributed by atoms with Crippen LogP contribution in [0.1, 0.15) is 43.0 Å². The van der Waals surface area contributed by atoms with Crippen LogP contribution in [-0.4, -0.2) is 23.4 Å². The van der Waals surface area contributed by atoms with Crippen LogP contribution in [0.2, 0.25) is 0 Å². The zero-order chi connectivity index (χ0) is 21.1. The number of nitrogens with two attached hydrogens (primary N) is 1. The van der Waals surface area contributed by atoms with E-state index >= 15 is 0 Å². The Bertz CT molecular complexity index is 1140. The Morgan fingerprint density at radius 2 is 1.54 bits per heavy atom. The average Bonchev–Trinajstić information content (AvgIpc) is 2.96. The van der Waals surface area contributed by atoms with Crippen molar-refractivity contribution in [2.45, 2.75) is 56.2 Å². The molecule has 152 valence electrons. The van der Waals surface area contributed by atoms with E-state index in [-0.39, 0.29) is 16.9 Å². The molecule has 0 fully saturated rings. The SMILES string of the molecule is Cc1cc(C(C)(C)C)cc(C)c1S(=O)(=O)N1CCc2cc(S(N)(=O)=O)ccc21. The van der Waals surface area contributed by atoms with Gasteiger partial charge in [-0.05, 0) is 66.1 Å². The molecule has 8 heteroatoms. The number of nitrogens with zero attached hydrogens (tertiary/aromatic N) is 1. The number of aryl methyl sites for hydroxylation is 2. The minimum absolute atomic E-state index is 0.00705. The van der Waals surface area contributed by atoms with Crippen LogP contribution in [0.3, 0.4) is 0 Å². The van der Waals surface area contributed by atoms with Gasteiger partial charge in [0.2, 0.25) is 10.0 Å². The molecule has 0 bridgehead atoms. The fourth-order valence-corrected chi connectivity index (χ4v) is 6.16. The summed E-state index contributed by atoms with van der Waals surface area (Å²) in [6.07, 6.45) is 0.441. The number of fused-ring (bicyclic) bond motifs is 1. The quantitative estimate of drug-likeness (QED) is 0.822. The first-order valence-corrected chi connectivity index (χ1v) is 12.0. The van der Waals surface area contributed by atoms with Gasteiger partial charge in [-0.25, -0.2) is 22.0 Å². The molecule has 6 nitrogen and oxygen atoms in total. The molecule has 2 N–H and O–H groups in total. The molecular formula is C20H26N2O4S2. The van der Waals surface area contributed by atoms with Crippen LogP contribution in [-0.2, 0) is 31.9 Å². The third-order valence-corrected chi connectivity index (χ3v) is 8.14. The Labute approximate surface area is 167 Å². The summed E-state index contributed by atoms with van der Waals surface area (Å²) in [7, 11) is -7.60. The molecule has 0 unspecified atom stereocenters. The number of hydrogen-bond acceptors (Lipinski definition) is 4. The zero-order valence-corrected chi connectivity index (χ0v) is 18.4. The first-order chi connectivity index (χ1) is 12.7. The van der Waals surface area contributed by atoms with Crippen molar-refractivity contribution in [3.63, 3.8) is 0 Å². The summed E-state index contributed by atoms with van der Waals surface area (Å²) < 4.78 is 51.5. The number of primary sulfonamides is 1. The van der Waals surface area contributed by atoms with Crippen molar-refractivity contribution >= 4 is 25.7 Å². The van der Waals surface area contributed by atoms with Gasteiger partial charge in [-0.1, -0.05) is 32.9 Å². The second-order valence-electron chi connectivity index (χ2n) is 8.35. The van der Waals surface area contributed by atoms with Gasteiger partial charge in [0.1, 0.15) is 0 Å². The van der Waals surface area contributed by atoms with Gasteiger partial charge in [-0.15, -0.1) is 0 Å². The Hall–Kier alpha value is -1.90. The first-order valence-electron chi connectivity index (χ1n) is 9.03. The molecule has 1 aliphatic rings. The number of sulfonamides is 2. The second kappa shape index (κ2) is 6.57. The van der Waals surface area contributed by atoms with Crippen LogP contribution in [0.4, 0.5) is 5.69 Å². The summed E-state index contributed by atoms with van der Waals surface area (Å²) in [6.45, 7) is 10.2. The minimum Gasteiger partial charge on any atom is -0.266 e. The van der Waals surface area contributed by atoms with E-state index in [4.69, 9.17) is 5.14 Å². The lowest BCUT2D eigenvalue weighted by Gasteiger charge is -2.25. The van der Waals surface area contributed by atoms with Crippen molar-refractivity contribution in [3.8, 4) is 0 Å². The summed E-state index contributed by atoms with van der Waals surface area (Å²) in [5, 5.41) is 5.19. The second-order valence-corrected chi connectivity index (χ2v) is 11.7. The Kier molecular flexibility index (Phi) is 4.89. The summed E-state index contributed by atoms with van der Waals surface area (Å²) in [6, 6.07) is 8.20. The van der Waals surface area contributed by atoms with Crippen molar-refractivity contribution in [3.05, 3.63) is 52.6 Å². The lowest BCUT2D eigenvalue weighted by molar-refractivity contribution is 0.582.